The molecule has 2 aromatic rings. The largest absolute Gasteiger partial charge is 0.476 e. The molecule has 2 rings (SSSR count). The summed E-state index contributed by atoms with van der Waals surface area (Å²) in [4.78, 5) is 10.5. The molecule has 0 aliphatic carbocycles. The Hall–Kier alpha value is -2.07. The highest BCUT2D eigenvalue weighted by atomic mass is 35.5. The van der Waals surface area contributed by atoms with E-state index in [1.54, 1.807) is 6.07 Å². The molecule has 0 saturated heterocycles. The van der Waals surface area contributed by atoms with Gasteiger partial charge in [0.25, 0.3) is 0 Å². The van der Waals surface area contributed by atoms with Crippen LogP contribution in [0.15, 0.2) is 47.6 Å². The first-order valence-corrected chi connectivity index (χ1v) is 5.26. The summed E-state index contributed by atoms with van der Waals surface area (Å²) in [5.74, 6) is -1.26. The summed E-state index contributed by atoms with van der Waals surface area (Å²) in [5.41, 5.74) is 3.35. The number of anilines is 1. The summed E-state index contributed by atoms with van der Waals surface area (Å²) in [7, 11) is 0. The first-order chi connectivity index (χ1) is 8.18. The van der Waals surface area contributed by atoms with Crippen LogP contribution in [0.25, 0.3) is 10.8 Å². The number of aliphatic carboxylic acids is 1. The van der Waals surface area contributed by atoms with Crippen molar-refractivity contribution in [3.8, 4) is 0 Å². The van der Waals surface area contributed by atoms with Crippen LogP contribution >= 0.6 is 11.6 Å². The molecule has 0 amide bonds. The molecule has 4 nitrogen and oxygen atoms in total. The zero-order chi connectivity index (χ0) is 12.3. The summed E-state index contributed by atoms with van der Waals surface area (Å²) in [6, 6.07) is 13.3. The van der Waals surface area contributed by atoms with E-state index in [0.29, 0.717) is 5.69 Å². The lowest BCUT2D eigenvalue weighted by molar-refractivity contribution is -0.129. The zero-order valence-electron chi connectivity index (χ0n) is 8.72. The SMILES string of the molecule is O=C(O)/C(Cl)=N/Nc1cccc2ccccc12. The molecule has 0 atom stereocenters. The number of hydrazone groups is 1. The Morgan fingerprint density at radius 1 is 1.18 bits per heavy atom. The van der Waals surface area contributed by atoms with E-state index in [2.05, 4.69) is 10.5 Å². The molecule has 17 heavy (non-hydrogen) atoms. The van der Waals surface area contributed by atoms with Crippen LogP contribution in [0.1, 0.15) is 0 Å². The first kappa shape index (κ1) is 11.4. The number of nitrogens with one attached hydrogen (secondary N) is 1. The van der Waals surface area contributed by atoms with Gasteiger partial charge in [-0.2, -0.15) is 5.10 Å². The third kappa shape index (κ3) is 2.54. The van der Waals surface area contributed by atoms with Gasteiger partial charge in [-0.05, 0) is 11.5 Å². The van der Waals surface area contributed by atoms with Gasteiger partial charge in [0, 0.05) is 5.39 Å². The molecule has 86 valence electrons. The van der Waals surface area contributed by atoms with E-state index < -0.39 is 11.1 Å². The summed E-state index contributed by atoms with van der Waals surface area (Å²) in [6.45, 7) is 0. The smallest absolute Gasteiger partial charge is 0.368 e. The molecule has 0 heterocycles. The van der Waals surface area contributed by atoms with Crippen molar-refractivity contribution < 1.29 is 9.90 Å². The molecular formula is C12H9ClN2O2. The van der Waals surface area contributed by atoms with Crippen LogP contribution in [0.2, 0.25) is 0 Å². The lowest BCUT2D eigenvalue weighted by Crippen LogP contribution is -2.07. The van der Waals surface area contributed by atoms with E-state index >= 15 is 0 Å². The second-order valence-corrected chi connectivity index (χ2v) is 3.70. The lowest BCUT2D eigenvalue weighted by Gasteiger charge is -2.05. The highest BCUT2D eigenvalue weighted by Gasteiger charge is 2.05. The van der Waals surface area contributed by atoms with Crippen molar-refractivity contribution >= 4 is 39.2 Å². The molecule has 0 unspecified atom stereocenters. The van der Waals surface area contributed by atoms with Crippen LogP contribution in [0.5, 0.6) is 0 Å². The van der Waals surface area contributed by atoms with Crippen molar-refractivity contribution in [2.75, 3.05) is 5.43 Å². The molecule has 0 aliphatic heterocycles. The molecule has 0 radical (unpaired) electrons. The standard InChI is InChI=1S/C12H9ClN2O2/c13-11(12(16)17)15-14-10-7-3-5-8-4-1-2-6-9(8)10/h1-7,14H,(H,16,17)/b15-11-. The van der Waals surface area contributed by atoms with Gasteiger partial charge in [0.2, 0.25) is 5.17 Å². The fourth-order valence-corrected chi connectivity index (χ4v) is 1.52. The van der Waals surface area contributed by atoms with E-state index in [1.165, 1.54) is 0 Å². The number of halogens is 1. The summed E-state index contributed by atoms with van der Waals surface area (Å²) >= 11 is 5.40. The van der Waals surface area contributed by atoms with E-state index in [9.17, 15) is 4.79 Å². The number of hydrogen-bond donors (Lipinski definition) is 2. The quantitative estimate of drug-likeness (QED) is 0.649. The topological polar surface area (TPSA) is 61.7 Å². The maximum Gasteiger partial charge on any atom is 0.368 e. The highest BCUT2D eigenvalue weighted by molar-refractivity contribution is 6.81. The van der Waals surface area contributed by atoms with Crippen LogP contribution in [0.3, 0.4) is 0 Å². The number of hydrogen-bond acceptors (Lipinski definition) is 3. The fraction of sp³-hybridized carbons (Fsp3) is 0. The molecule has 2 aromatic carbocycles. The van der Waals surface area contributed by atoms with Crippen molar-refractivity contribution in [2.45, 2.75) is 0 Å². The van der Waals surface area contributed by atoms with Gasteiger partial charge < -0.3 is 5.11 Å². The van der Waals surface area contributed by atoms with Gasteiger partial charge in [-0.25, -0.2) is 4.79 Å². The van der Waals surface area contributed by atoms with Gasteiger partial charge >= 0.3 is 5.97 Å². The van der Waals surface area contributed by atoms with Gasteiger partial charge in [-0.3, -0.25) is 5.43 Å². The molecule has 0 aliphatic rings. The van der Waals surface area contributed by atoms with Crippen LogP contribution in [0.4, 0.5) is 5.69 Å². The normalized spacial score (nSPS) is 11.5. The van der Waals surface area contributed by atoms with E-state index in [1.807, 2.05) is 36.4 Å². The number of carboxylic acid groups (broad SMARTS) is 1. The Balaban J connectivity index is 2.37. The minimum atomic E-state index is -1.26. The van der Waals surface area contributed by atoms with Gasteiger partial charge in [-0.1, -0.05) is 48.0 Å². The number of fused-ring (bicyclic) bond motifs is 1. The third-order valence-corrected chi connectivity index (χ3v) is 2.49. The predicted molar refractivity (Wildman–Crippen MR) is 68.5 cm³/mol. The first-order valence-electron chi connectivity index (χ1n) is 4.89. The van der Waals surface area contributed by atoms with Crippen LogP contribution in [0, 0.1) is 0 Å². The molecule has 0 saturated carbocycles. The molecule has 0 fully saturated rings. The highest BCUT2D eigenvalue weighted by Crippen LogP contribution is 2.22. The van der Waals surface area contributed by atoms with Crippen LogP contribution in [-0.4, -0.2) is 16.2 Å². The number of carboxylic acids is 1. The Bertz CT molecular complexity index is 591. The summed E-state index contributed by atoms with van der Waals surface area (Å²) < 4.78 is 0. The maximum atomic E-state index is 10.5. The minimum Gasteiger partial charge on any atom is -0.476 e. The Morgan fingerprint density at radius 3 is 2.65 bits per heavy atom. The Labute approximate surface area is 103 Å². The molecular weight excluding hydrogens is 240 g/mol. The van der Waals surface area contributed by atoms with Crippen molar-refractivity contribution in [1.29, 1.82) is 0 Å². The Kier molecular flexibility index (Phi) is 3.25. The molecule has 0 aromatic heterocycles. The second-order valence-electron chi connectivity index (χ2n) is 3.35. The lowest BCUT2D eigenvalue weighted by atomic mass is 10.1. The second kappa shape index (κ2) is 4.84. The van der Waals surface area contributed by atoms with Crippen LogP contribution < -0.4 is 5.43 Å². The average Bonchev–Trinajstić information content (AvgIpc) is 2.35. The van der Waals surface area contributed by atoms with E-state index in [4.69, 9.17) is 16.7 Å². The number of rotatable bonds is 3. The van der Waals surface area contributed by atoms with E-state index in [-0.39, 0.29) is 0 Å². The van der Waals surface area contributed by atoms with Gasteiger partial charge in [-0.15, -0.1) is 0 Å². The van der Waals surface area contributed by atoms with Crippen molar-refractivity contribution in [3.63, 3.8) is 0 Å². The van der Waals surface area contributed by atoms with Crippen molar-refractivity contribution in [1.82, 2.24) is 0 Å². The monoisotopic (exact) mass is 248 g/mol. The third-order valence-electron chi connectivity index (χ3n) is 2.24. The average molecular weight is 249 g/mol. The number of benzene rings is 2. The van der Waals surface area contributed by atoms with Crippen molar-refractivity contribution in [3.05, 3.63) is 42.5 Å². The fourth-order valence-electron chi connectivity index (χ4n) is 1.48. The summed E-state index contributed by atoms with van der Waals surface area (Å²) in [5, 5.41) is 13.6. The molecule has 2 N–H and O–H groups in total. The minimum absolute atomic E-state index is 0.502. The molecule has 0 spiro atoms. The summed E-state index contributed by atoms with van der Waals surface area (Å²) in [6.07, 6.45) is 0. The van der Waals surface area contributed by atoms with Gasteiger partial charge in [0.15, 0.2) is 0 Å². The number of nitrogens with zero attached hydrogens (tertiary/aromatic N) is 1. The van der Waals surface area contributed by atoms with E-state index in [0.717, 1.165) is 10.8 Å². The van der Waals surface area contributed by atoms with Crippen molar-refractivity contribution in [2.24, 2.45) is 5.10 Å². The molecule has 0 bridgehead atoms. The number of carbonyl (C=O) groups is 1. The van der Waals surface area contributed by atoms with Gasteiger partial charge in [0.05, 0.1) is 5.69 Å². The zero-order valence-corrected chi connectivity index (χ0v) is 9.48. The Morgan fingerprint density at radius 2 is 1.88 bits per heavy atom. The maximum absolute atomic E-state index is 10.5. The van der Waals surface area contributed by atoms with Gasteiger partial charge in [0.1, 0.15) is 0 Å². The molecule has 5 heteroatoms. The predicted octanol–water partition coefficient (Wildman–Crippen LogP) is 2.89. The van der Waals surface area contributed by atoms with Crippen LogP contribution in [-0.2, 0) is 4.79 Å².